The van der Waals surface area contributed by atoms with Gasteiger partial charge in [-0.05, 0) is 12.1 Å². The molecule has 0 aliphatic heterocycles. The summed E-state index contributed by atoms with van der Waals surface area (Å²) in [6.45, 7) is 0. The number of halogens is 3. The van der Waals surface area contributed by atoms with Gasteiger partial charge in [0.1, 0.15) is 11.3 Å². The Hall–Kier alpha value is -2.88. The summed E-state index contributed by atoms with van der Waals surface area (Å²) in [5.41, 5.74) is -1.76. The SMILES string of the molecule is O=C(O)c1cnn(-c2nc(-c3ccccc3O)cs2)c1C(F)(F)F. The molecule has 2 heterocycles. The van der Waals surface area contributed by atoms with Crippen molar-refractivity contribution >= 4 is 17.3 Å². The molecule has 2 N–H and O–H groups in total. The first-order chi connectivity index (χ1) is 11.3. The molecular formula is C14H8F3N3O3S. The number of aromatic hydroxyl groups is 1. The Balaban J connectivity index is 2.12. The fourth-order valence-corrected chi connectivity index (χ4v) is 2.88. The van der Waals surface area contributed by atoms with Gasteiger partial charge in [-0.1, -0.05) is 12.1 Å². The van der Waals surface area contributed by atoms with E-state index in [-0.39, 0.29) is 16.6 Å². The quantitative estimate of drug-likeness (QED) is 0.752. The Morgan fingerprint density at radius 3 is 2.58 bits per heavy atom. The van der Waals surface area contributed by atoms with Crippen molar-refractivity contribution < 1.29 is 28.2 Å². The molecule has 0 unspecified atom stereocenters. The van der Waals surface area contributed by atoms with Gasteiger partial charge in [0.25, 0.3) is 0 Å². The maximum absolute atomic E-state index is 13.2. The van der Waals surface area contributed by atoms with Crippen molar-refractivity contribution in [1.29, 1.82) is 0 Å². The number of aromatic nitrogens is 3. The number of para-hydroxylation sites is 1. The molecule has 10 heteroatoms. The molecule has 124 valence electrons. The van der Waals surface area contributed by atoms with Gasteiger partial charge in [-0.15, -0.1) is 11.3 Å². The van der Waals surface area contributed by atoms with Gasteiger partial charge in [0.05, 0.1) is 11.9 Å². The normalized spacial score (nSPS) is 11.6. The molecular weight excluding hydrogens is 347 g/mol. The van der Waals surface area contributed by atoms with Crippen LogP contribution in [0.1, 0.15) is 16.1 Å². The summed E-state index contributed by atoms with van der Waals surface area (Å²) in [4.78, 5) is 15.0. The smallest absolute Gasteiger partial charge is 0.434 e. The summed E-state index contributed by atoms with van der Waals surface area (Å²) >= 11 is 0.847. The number of hydrogen-bond acceptors (Lipinski definition) is 5. The van der Waals surface area contributed by atoms with Crippen LogP contribution in [-0.4, -0.2) is 30.9 Å². The van der Waals surface area contributed by atoms with Gasteiger partial charge in [0, 0.05) is 10.9 Å². The third-order valence-electron chi connectivity index (χ3n) is 3.12. The number of phenols is 1. The number of aromatic carboxylic acids is 1. The van der Waals surface area contributed by atoms with E-state index >= 15 is 0 Å². The van der Waals surface area contributed by atoms with Crippen molar-refractivity contribution in [2.75, 3.05) is 0 Å². The monoisotopic (exact) mass is 355 g/mol. The molecule has 0 spiro atoms. The lowest BCUT2D eigenvalue weighted by Crippen LogP contribution is -2.17. The van der Waals surface area contributed by atoms with Crippen molar-refractivity contribution in [2.24, 2.45) is 0 Å². The average Bonchev–Trinajstić information content (AvgIpc) is 3.13. The summed E-state index contributed by atoms with van der Waals surface area (Å²) in [5, 5.41) is 23.5. The van der Waals surface area contributed by atoms with E-state index in [0.717, 1.165) is 11.3 Å². The summed E-state index contributed by atoms with van der Waals surface area (Å²) in [5.74, 6) is -1.80. The highest BCUT2D eigenvalue weighted by Crippen LogP contribution is 2.36. The minimum Gasteiger partial charge on any atom is -0.507 e. The lowest BCUT2D eigenvalue weighted by atomic mass is 10.1. The highest BCUT2D eigenvalue weighted by Gasteiger charge is 2.41. The average molecular weight is 355 g/mol. The van der Waals surface area contributed by atoms with Crippen LogP contribution in [-0.2, 0) is 6.18 Å². The van der Waals surface area contributed by atoms with Gasteiger partial charge < -0.3 is 10.2 Å². The van der Waals surface area contributed by atoms with Crippen LogP contribution in [0.3, 0.4) is 0 Å². The topological polar surface area (TPSA) is 88.2 Å². The molecule has 0 saturated heterocycles. The van der Waals surface area contributed by atoms with Gasteiger partial charge in [-0.3, -0.25) is 0 Å². The molecule has 0 aliphatic carbocycles. The van der Waals surface area contributed by atoms with Crippen LogP contribution in [0.4, 0.5) is 13.2 Å². The second-order valence-electron chi connectivity index (χ2n) is 4.65. The number of carboxylic acid groups (broad SMARTS) is 1. The molecule has 0 saturated carbocycles. The van der Waals surface area contributed by atoms with Crippen LogP contribution >= 0.6 is 11.3 Å². The number of hydrogen-bond donors (Lipinski definition) is 2. The lowest BCUT2D eigenvalue weighted by Gasteiger charge is -2.09. The first-order valence-corrected chi connectivity index (χ1v) is 7.30. The van der Waals surface area contributed by atoms with E-state index in [1.165, 1.54) is 11.4 Å². The minimum absolute atomic E-state index is 0.0721. The zero-order chi connectivity index (χ0) is 17.5. The Morgan fingerprint density at radius 1 is 1.25 bits per heavy atom. The van der Waals surface area contributed by atoms with Crippen LogP contribution in [0.2, 0.25) is 0 Å². The zero-order valence-corrected chi connectivity index (χ0v) is 12.5. The third-order valence-corrected chi connectivity index (χ3v) is 3.94. The maximum Gasteiger partial charge on any atom is 0.434 e. The van der Waals surface area contributed by atoms with E-state index in [4.69, 9.17) is 5.11 Å². The van der Waals surface area contributed by atoms with E-state index in [1.807, 2.05) is 0 Å². The molecule has 0 fully saturated rings. The van der Waals surface area contributed by atoms with Crippen LogP contribution in [0, 0.1) is 0 Å². The molecule has 0 aliphatic rings. The molecule has 0 bridgehead atoms. The van der Waals surface area contributed by atoms with E-state index in [2.05, 4.69) is 10.1 Å². The summed E-state index contributed by atoms with van der Waals surface area (Å²) in [7, 11) is 0. The number of benzene rings is 1. The Labute approximate surface area is 136 Å². The largest absolute Gasteiger partial charge is 0.507 e. The molecule has 24 heavy (non-hydrogen) atoms. The molecule has 3 aromatic rings. The molecule has 3 rings (SSSR count). The lowest BCUT2D eigenvalue weighted by molar-refractivity contribution is -0.143. The number of phenolic OH excluding ortho intramolecular Hbond substituents is 1. The van der Waals surface area contributed by atoms with E-state index in [0.29, 0.717) is 16.4 Å². The molecule has 6 nitrogen and oxygen atoms in total. The number of carbonyl (C=O) groups is 1. The van der Waals surface area contributed by atoms with Crippen molar-refractivity contribution in [3.63, 3.8) is 0 Å². The highest BCUT2D eigenvalue weighted by atomic mass is 32.1. The standard InChI is InChI=1S/C14H8F3N3O3S/c15-14(16,17)11-8(12(22)23)5-18-20(11)13-19-9(6-24-13)7-3-1-2-4-10(7)21/h1-6,21H,(H,22,23). The first-order valence-electron chi connectivity index (χ1n) is 6.42. The van der Waals surface area contributed by atoms with Crippen molar-refractivity contribution in [1.82, 2.24) is 14.8 Å². The van der Waals surface area contributed by atoms with E-state index < -0.39 is 23.4 Å². The fraction of sp³-hybridized carbons (Fsp3) is 0.0714. The molecule has 2 aromatic heterocycles. The minimum atomic E-state index is -4.91. The van der Waals surface area contributed by atoms with Crippen LogP contribution in [0.25, 0.3) is 16.4 Å². The van der Waals surface area contributed by atoms with Crippen LogP contribution in [0.5, 0.6) is 5.75 Å². The van der Waals surface area contributed by atoms with Crippen LogP contribution < -0.4 is 0 Å². The predicted molar refractivity (Wildman–Crippen MR) is 78.3 cm³/mol. The number of nitrogens with zero attached hydrogens (tertiary/aromatic N) is 3. The van der Waals surface area contributed by atoms with E-state index in [1.54, 1.807) is 18.2 Å². The fourth-order valence-electron chi connectivity index (χ4n) is 2.10. The summed E-state index contributed by atoms with van der Waals surface area (Å²) < 4.78 is 40.0. The second kappa shape index (κ2) is 5.64. The molecule has 0 radical (unpaired) electrons. The predicted octanol–water partition coefficient (Wildman–Crippen LogP) is 3.42. The van der Waals surface area contributed by atoms with Gasteiger partial charge in [-0.25, -0.2) is 14.5 Å². The first kappa shape index (κ1) is 16.0. The second-order valence-corrected chi connectivity index (χ2v) is 5.49. The maximum atomic E-state index is 13.2. The Kier molecular flexibility index (Phi) is 3.76. The Morgan fingerprint density at radius 2 is 1.96 bits per heavy atom. The van der Waals surface area contributed by atoms with Crippen LogP contribution in [0.15, 0.2) is 35.8 Å². The van der Waals surface area contributed by atoms with Crippen molar-refractivity contribution in [3.05, 3.63) is 47.1 Å². The van der Waals surface area contributed by atoms with Gasteiger partial charge in [0.2, 0.25) is 5.13 Å². The van der Waals surface area contributed by atoms with E-state index in [9.17, 15) is 23.1 Å². The third kappa shape index (κ3) is 2.71. The van der Waals surface area contributed by atoms with Gasteiger partial charge in [-0.2, -0.15) is 18.3 Å². The number of alkyl halides is 3. The van der Waals surface area contributed by atoms with Gasteiger partial charge in [0.15, 0.2) is 5.69 Å². The number of thiazole rings is 1. The van der Waals surface area contributed by atoms with Crippen molar-refractivity contribution in [3.8, 4) is 22.1 Å². The Bertz CT molecular complexity index is 917. The summed E-state index contributed by atoms with van der Waals surface area (Å²) in [6.07, 6.45) is -4.28. The molecule has 0 amide bonds. The van der Waals surface area contributed by atoms with Crippen molar-refractivity contribution in [2.45, 2.75) is 6.18 Å². The number of carboxylic acids is 1. The van der Waals surface area contributed by atoms with Gasteiger partial charge >= 0.3 is 12.1 Å². The molecule has 1 aromatic carbocycles. The zero-order valence-electron chi connectivity index (χ0n) is 11.7. The number of rotatable bonds is 3. The molecule has 0 atom stereocenters. The summed E-state index contributed by atoms with van der Waals surface area (Å²) in [6, 6.07) is 6.22. The highest BCUT2D eigenvalue weighted by molar-refractivity contribution is 7.12.